The third-order valence-electron chi connectivity index (χ3n) is 9.58. The quantitative estimate of drug-likeness (QED) is 0.210. The lowest BCUT2D eigenvalue weighted by atomic mass is 9.96. The van der Waals surface area contributed by atoms with Gasteiger partial charge in [0.1, 0.15) is 11.6 Å². The Kier molecular flexibility index (Phi) is 10.7. The van der Waals surface area contributed by atoms with Crippen molar-refractivity contribution < 1.29 is 8.78 Å². The third kappa shape index (κ3) is 7.69. The first-order valence-corrected chi connectivity index (χ1v) is 17.1. The molecule has 0 unspecified atom stereocenters. The summed E-state index contributed by atoms with van der Waals surface area (Å²) >= 11 is 0. The normalized spacial score (nSPS) is 16.1. The van der Waals surface area contributed by atoms with Crippen LogP contribution in [0, 0.1) is 11.6 Å². The Morgan fingerprint density at radius 1 is 0.750 bits per heavy atom. The fraction of sp³-hybridized carbons (Fsp3) is 0.385. The van der Waals surface area contributed by atoms with Crippen molar-refractivity contribution in [2.24, 2.45) is 0 Å². The first kappa shape index (κ1) is 33.6. The Morgan fingerprint density at radius 2 is 1.33 bits per heavy atom. The summed E-state index contributed by atoms with van der Waals surface area (Å²) in [5.41, 5.74) is 5.81. The molecule has 3 heterocycles. The van der Waals surface area contributed by atoms with Crippen molar-refractivity contribution in [2.75, 3.05) is 74.0 Å². The molecule has 4 aromatic rings. The van der Waals surface area contributed by atoms with Crippen LogP contribution in [0.2, 0.25) is 0 Å². The molecule has 2 fully saturated rings. The van der Waals surface area contributed by atoms with E-state index in [2.05, 4.69) is 68.9 Å². The average molecular weight is 653 g/mol. The molecular formula is C39H46F2N6O. The number of piperazine rings is 2. The lowest BCUT2D eigenvalue weighted by Crippen LogP contribution is -2.49. The summed E-state index contributed by atoms with van der Waals surface area (Å²) in [7, 11) is 0. The van der Waals surface area contributed by atoms with E-state index in [0.717, 1.165) is 98.3 Å². The van der Waals surface area contributed by atoms with E-state index < -0.39 is 0 Å². The van der Waals surface area contributed by atoms with Crippen molar-refractivity contribution in [3.05, 3.63) is 129 Å². The lowest BCUT2D eigenvalue weighted by molar-refractivity contribution is 0.104. The van der Waals surface area contributed by atoms with Gasteiger partial charge in [0, 0.05) is 77.2 Å². The zero-order chi connectivity index (χ0) is 33.6. The topological polar surface area (TPSA) is 55.0 Å². The summed E-state index contributed by atoms with van der Waals surface area (Å²) < 4.78 is 27.6. The van der Waals surface area contributed by atoms with Gasteiger partial charge in [-0.25, -0.2) is 13.8 Å². The summed E-state index contributed by atoms with van der Waals surface area (Å²) in [5.74, 6) is 0.696. The van der Waals surface area contributed by atoms with E-state index in [1.54, 1.807) is 0 Å². The van der Waals surface area contributed by atoms with Gasteiger partial charge in [-0.3, -0.25) is 14.6 Å². The van der Waals surface area contributed by atoms with E-state index in [4.69, 9.17) is 0 Å². The van der Waals surface area contributed by atoms with Gasteiger partial charge in [-0.05, 0) is 72.0 Å². The van der Waals surface area contributed by atoms with Crippen LogP contribution in [-0.4, -0.2) is 73.7 Å². The van der Waals surface area contributed by atoms with E-state index in [-0.39, 0.29) is 23.1 Å². The first-order valence-electron chi connectivity index (χ1n) is 17.1. The zero-order valence-corrected chi connectivity index (χ0v) is 28.2. The molecule has 0 atom stereocenters. The van der Waals surface area contributed by atoms with E-state index in [0.29, 0.717) is 12.5 Å². The van der Waals surface area contributed by atoms with Crippen LogP contribution in [0.1, 0.15) is 55.0 Å². The van der Waals surface area contributed by atoms with Crippen LogP contribution in [0.25, 0.3) is 0 Å². The average Bonchev–Trinajstić information content (AvgIpc) is 3.26. The minimum atomic E-state index is -0.278. The zero-order valence-electron chi connectivity index (χ0n) is 28.2. The van der Waals surface area contributed by atoms with Gasteiger partial charge in [-0.15, -0.1) is 0 Å². The van der Waals surface area contributed by atoms with Gasteiger partial charge in [0.15, 0.2) is 5.82 Å². The van der Waals surface area contributed by atoms with Gasteiger partial charge in [-0.1, -0.05) is 50.2 Å². The number of pyridine rings is 1. The molecule has 6 rings (SSSR count). The van der Waals surface area contributed by atoms with Crippen molar-refractivity contribution >= 4 is 17.2 Å². The molecule has 0 aliphatic carbocycles. The second kappa shape index (κ2) is 15.3. The maximum Gasteiger partial charge on any atom is 0.206 e. The predicted molar refractivity (Wildman–Crippen MR) is 191 cm³/mol. The molecule has 0 bridgehead atoms. The summed E-state index contributed by atoms with van der Waals surface area (Å²) in [5, 5.41) is 3.42. The fourth-order valence-electron chi connectivity index (χ4n) is 6.89. The van der Waals surface area contributed by atoms with Crippen LogP contribution in [0.15, 0.2) is 89.9 Å². The number of anilines is 3. The Balaban J connectivity index is 1.18. The molecule has 2 aliphatic heterocycles. The van der Waals surface area contributed by atoms with Crippen molar-refractivity contribution in [1.29, 1.82) is 0 Å². The van der Waals surface area contributed by atoms with Crippen LogP contribution in [0.4, 0.5) is 26.0 Å². The smallest absolute Gasteiger partial charge is 0.206 e. The van der Waals surface area contributed by atoms with Crippen LogP contribution in [0.3, 0.4) is 0 Å². The summed E-state index contributed by atoms with van der Waals surface area (Å²) in [6.45, 7) is 14.0. The van der Waals surface area contributed by atoms with E-state index in [1.165, 1.54) is 24.3 Å². The lowest BCUT2D eigenvalue weighted by Gasteiger charge is -2.40. The molecule has 9 heteroatoms. The molecule has 48 heavy (non-hydrogen) atoms. The highest BCUT2D eigenvalue weighted by Crippen LogP contribution is 2.31. The Hall–Kier alpha value is -4.34. The molecular weight excluding hydrogens is 606 g/mol. The molecule has 0 saturated carbocycles. The van der Waals surface area contributed by atoms with Gasteiger partial charge in [0.2, 0.25) is 5.43 Å². The van der Waals surface area contributed by atoms with Crippen LogP contribution >= 0.6 is 0 Å². The van der Waals surface area contributed by atoms with Crippen molar-refractivity contribution in [2.45, 2.75) is 39.3 Å². The first-order chi connectivity index (χ1) is 23.3. The van der Waals surface area contributed by atoms with Crippen molar-refractivity contribution in [3.8, 4) is 0 Å². The number of hydrogen-bond donors (Lipinski definition) is 1. The van der Waals surface area contributed by atoms with Crippen LogP contribution in [0.5, 0.6) is 0 Å². The van der Waals surface area contributed by atoms with Gasteiger partial charge in [0.25, 0.3) is 0 Å². The minimum absolute atomic E-state index is 0.0967. The summed E-state index contributed by atoms with van der Waals surface area (Å²) in [6.07, 6.45) is 1.84. The number of hydrogen-bond acceptors (Lipinski definition) is 7. The highest BCUT2D eigenvalue weighted by atomic mass is 19.1. The molecule has 1 N–H and O–H groups in total. The standard InChI is InChI=1S/C39H46F2N6O/c1-4-42-35-6-5-17-43-39(35)47-24-22-45(23-25-47)36-26-31(28(2)3)7-8-32(38(36)48)27-44-18-20-46(21-19-44)37(29-9-13-33(40)14-10-29)30-11-15-34(41)16-12-30/h5-17,26,28,37,42H,4,18-25,27H2,1-3H3. The summed E-state index contributed by atoms with van der Waals surface area (Å²) in [6, 6.07) is 23.3. The van der Waals surface area contributed by atoms with E-state index >= 15 is 0 Å². The maximum absolute atomic E-state index is 14.2. The molecule has 1 aromatic heterocycles. The molecule has 0 spiro atoms. The molecule has 2 aliphatic rings. The predicted octanol–water partition coefficient (Wildman–Crippen LogP) is 6.51. The minimum Gasteiger partial charge on any atom is -0.382 e. The highest BCUT2D eigenvalue weighted by Gasteiger charge is 2.28. The van der Waals surface area contributed by atoms with Crippen molar-refractivity contribution in [3.63, 3.8) is 0 Å². The van der Waals surface area contributed by atoms with Gasteiger partial charge in [-0.2, -0.15) is 0 Å². The van der Waals surface area contributed by atoms with E-state index in [9.17, 15) is 13.6 Å². The number of rotatable bonds is 10. The number of aromatic nitrogens is 1. The molecule has 0 amide bonds. The Labute approximate surface area is 282 Å². The molecule has 3 aromatic carbocycles. The molecule has 7 nitrogen and oxygen atoms in total. The number of nitrogens with one attached hydrogen (secondary N) is 1. The largest absolute Gasteiger partial charge is 0.382 e. The number of benzene rings is 2. The monoisotopic (exact) mass is 652 g/mol. The van der Waals surface area contributed by atoms with Crippen LogP contribution < -0.4 is 20.5 Å². The van der Waals surface area contributed by atoms with Gasteiger partial charge in [0.05, 0.1) is 17.4 Å². The fourth-order valence-corrected chi connectivity index (χ4v) is 6.89. The SMILES string of the molecule is CCNc1cccnc1N1CCN(c2cc(C(C)C)ccc(CN3CCN(C(c4ccc(F)cc4)c4ccc(F)cc4)CC3)c2=O)CC1. The van der Waals surface area contributed by atoms with E-state index in [1.807, 2.05) is 42.6 Å². The molecule has 2 saturated heterocycles. The van der Waals surface area contributed by atoms with Gasteiger partial charge >= 0.3 is 0 Å². The second-order valence-corrected chi connectivity index (χ2v) is 13.1. The number of halogens is 2. The Bertz CT molecular complexity index is 1670. The number of nitrogens with zero attached hydrogens (tertiary/aromatic N) is 5. The molecule has 252 valence electrons. The Morgan fingerprint density at radius 3 is 1.92 bits per heavy atom. The summed E-state index contributed by atoms with van der Waals surface area (Å²) in [4.78, 5) is 28.2. The third-order valence-corrected chi connectivity index (χ3v) is 9.58. The molecule has 0 radical (unpaired) electrons. The van der Waals surface area contributed by atoms with Gasteiger partial charge < -0.3 is 15.1 Å². The highest BCUT2D eigenvalue weighted by molar-refractivity contribution is 5.66. The van der Waals surface area contributed by atoms with Crippen molar-refractivity contribution in [1.82, 2.24) is 14.8 Å². The van der Waals surface area contributed by atoms with Crippen LogP contribution in [-0.2, 0) is 6.54 Å². The maximum atomic E-state index is 14.2. The second-order valence-electron chi connectivity index (χ2n) is 13.1.